The first-order valence-electron chi connectivity index (χ1n) is 10.7. The molecule has 1 fully saturated rings. The molecule has 1 aromatic rings. The highest BCUT2D eigenvalue weighted by atomic mass is 16.5. The summed E-state index contributed by atoms with van der Waals surface area (Å²) in [5.41, 5.74) is 7.16. The summed E-state index contributed by atoms with van der Waals surface area (Å²) in [6.45, 7) is 8.47. The lowest BCUT2D eigenvalue weighted by Gasteiger charge is -2.19. The van der Waals surface area contributed by atoms with E-state index in [9.17, 15) is 0 Å². The highest BCUT2D eigenvalue weighted by Crippen LogP contribution is 2.28. The number of nitrogens with one attached hydrogen (secondary N) is 1. The fraction of sp³-hybridized carbons (Fsp3) is 0.682. The molecule has 6 heteroatoms. The van der Waals surface area contributed by atoms with E-state index in [1.165, 1.54) is 38.5 Å². The zero-order chi connectivity index (χ0) is 20.2. The molecule has 0 spiro atoms. The maximum absolute atomic E-state index is 6.10. The summed E-state index contributed by atoms with van der Waals surface area (Å²) in [5, 5.41) is 3.39. The topological polar surface area (TPSA) is 72.1 Å². The van der Waals surface area contributed by atoms with Crippen molar-refractivity contribution in [1.29, 1.82) is 0 Å². The van der Waals surface area contributed by atoms with Crippen LogP contribution in [0.4, 0.5) is 0 Å². The van der Waals surface area contributed by atoms with Crippen molar-refractivity contribution in [2.24, 2.45) is 10.7 Å². The Morgan fingerprint density at radius 1 is 1.14 bits per heavy atom. The second kappa shape index (κ2) is 12.5. The molecular formula is C22H38N4O2. The van der Waals surface area contributed by atoms with E-state index in [2.05, 4.69) is 29.1 Å². The van der Waals surface area contributed by atoms with Crippen LogP contribution in [-0.4, -0.2) is 50.3 Å². The molecule has 28 heavy (non-hydrogen) atoms. The Bertz CT molecular complexity index is 594. The van der Waals surface area contributed by atoms with E-state index >= 15 is 0 Å². The molecule has 1 aromatic carbocycles. The van der Waals surface area contributed by atoms with Crippen molar-refractivity contribution in [1.82, 2.24) is 10.2 Å². The summed E-state index contributed by atoms with van der Waals surface area (Å²) in [7, 11) is 1.67. The molecule has 0 bridgehead atoms. The summed E-state index contributed by atoms with van der Waals surface area (Å²) in [6, 6.07) is 6.43. The number of nitrogens with two attached hydrogens (primary N) is 1. The van der Waals surface area contributed by atoms with E-state index in [1.807, 2.05) is 18.2 Å². The molecule has 6 nitrogen and oxygen atoms in total. The third kappa shape index (κ3) is 7.58. The van der Waals surface area contributed by atoms with Gasteiger partial charge in [-0.3, -0.25) is 0 Å². The van der Waals surface area contributed by atoms with Gasteiger partial charge in [0.2, 0.25) is 0 Å². The average Bonchev–Trinajstić information content (AvgIpc) is 2.98. The predicted molar refractivity (Wildman–Crippen MR) is 116 cm³/mol. The minimum atomic E-state index is 0.461. The number of ether oxygens (including phenoxy) is 2. The second-order valence-corrected chi connectivity index (χ2v) is 7.39. The minimum absolute atomic E-state index is 0.461. The molecule has 0 saturated heterocycles. The molecule has 0 heterocycles. The standard InChI is InChI=1S/C22H38N4O2/c1-4-26(5-2)14-15-28-20-13-12-18(16-21(20)27-3)17-24-22(23)25-19-10-8-6-7-9-11-19/h12-13,16,19H,4-11,14-15,17H2,1-3H3,(H3,23,24,25). The van der Waals surface area contributed by atoms with Gasteiger partial charge in [0.15, 0.2) is 17.5 Å². The van der Waals surface area contributed by atoms with Crippen LogP contribution in [0.5, 0.6) is 11.5 Å². The molecule has 158 valence electrons. The zero-order valence-corrected chi connectivity index (χ0v) is 17.9. The third-order valence-corrected chi connectivity index (χ3v) is 5.43. The Morgan fingerprint density at radius 2 is 1.86 bits per heavy atom. The number of hydrogen-bond donors (Lipinski definition) is 2. The van der Waals surface area contributed by atoms with Gasteiger partial charge in [-0.1, -0.05) is 45.6 Å². The normalized spacial score (nSPS) is 16.1. The number of hydrogen-bond acceptors (Lipinski definition) is 4. The molecule has 1 aliphatic rings. The van der Waals surface area contributed by atoms with E-state index in [-0.39, 0.29) is 0 Å². The van der Waals surface area contributed by atoms with E-state index in [0.29, 0.717) is 25.2 Å². The molecule has 0 aliphatic heterocycles. The number of guanidine groups is 1. The fourth-order valence-electron chi connectivity index (χ4n) is 3.61. The Hall–Kier alpha value is -1.95. The quantitative estimate of drug-likeness (QED) is 0.363. The first kappa shape index (κ1) is 22.3. The predicted octanol–water partition coefficient (Wildman–Crippen LogP) is 3.54. The van der Waals surface area contributed by atoms with Gasteiger partial charge in [0, 0.05) is 12.6 Å². The van der Waals surface area contributed by atoms with E-state index in [1.54, 1.807) is 7.11 Å². The van der Waals surface area contributed by atoms with Crippen molar-refractivity contribution in [2.45, 2.75) is 65.0 Å². The maximum atomic E-state index is 6.10. The number of rotatable bonds is 10. The van der Waals surface area contributed by atoms with Crippen molar-refractivity contribution in [3.05, 3.63) is 23.8 Å². The summed E-state index contributed by atoms with van der Waals surface area (Å²) < 4.78 is 11.4. The zero-order valence-electron chi connectivity index (χ0n) is 17.9. The lowest BCUT2D eigenvalue weighted by atomic mass is 10.1. The van der Waals surface area contributed by atoms with Crippen LogP contribution in [-0.2, 0) is 6.54 Å². The van der Waals surface area contributed by atoms with E-state index in [4.69, 9.17) is 15.2 Å². The van der Waals surface area contributed by atoms with Gasteiger partial charge in [-0.25, -0.2) is 4.99 Å². The number of nitrogens with zero attached hydrogens (tertiary/aromatic N) is 2. The Labute approximate surface area is 170 Å². The average molecular weight is 391 g/mol. The molecule has 1 saturated carbocycles. The van der Waals surface area contributed by atoms with Crippen LogP contribution in [0.25, 0.3) is 0 Å². The van der Waals surface area contributed by atoms with Crippen molar-refractivity contribution < 1.29 is 9.47 Å². The Morgan fingerprint density at radius 3 is 2.50 bits per heavy atom. The van der Waals surface area contributed by atoms with Crippen LogP contribution in [0.1, 0.15) is 57.9 Å². The van der Waals surface area contributed by atoms with Gasteiger partial charge in [0.25, 0.3) is 0 Å². The number of benzene rings is 1. The molecule has 3 N–H and O–H groups in total. The van der Waals surface area contributed by atoms with Gasteiger partial charge in [0.05, 0.1) is 13.7 Å². The highest BCUT2D eigenvalue weighted by Gasteiger charge is 2.12. The second-order valence-electron chi connectivity index (χ2n) is 7.39. The van der Waals surface area contributed by atoms with E-state index < -0.39 is 0 Å². The first-order chi connectivity index (χ1) is 13.7. The van der Waals surface area contributed by atoms with Gasteiger partial charge >= 0.3 is 0 Å². The van der Waals surface area contributed by atoms with Crippen LogP contribution >= 0.6 is 0 Å². The lowest BCUT2D eigenvalue weighted by Crippen LogP contribution is -2.39. The Balaban J connectivity index is 1.87. The summed E-state index contributed by atoms with van der Waals surface area (Å²) in [6.07, 6.45) is 7.58. The lowest BCUT2D eigenvalue weighted by molar-refractivity contribution is 0.217. The largest absolute Gasteiger partial charge is 0.493 e. The van der Waals surface area contributed by atoms with Gasteiger partial charge in [-0.15, -0.1) is 0 Å². The van der Waals surface area contributed by atoms with Crippen LogP contribution in [0.15, 0.2) is 23.2 Å². The van der Waals surface area contributed by atoms with Gasteiger partial charge in [-0.2, -0.15) is 0 Å². The number of aliphatic imine (C=N–C) groups is 1. The summed E-state index contributed by atoms with van der Waals surface area (Å²) in [4.78, 5) is 6.84. The van der Waals surface area contributed by atoms with Gasteiger partial charge in [0.1, 0.15) is 6.61 Å². The van der Waals surface area contributed by atoms with Crippen molar-refractivity contribution in [2.75, 3.05) is 33.4 Å². The molecule has 0 unspecified atom stereocenters. The molecule has 2 rings (SSSR count). The van der Waals surface area contributed by atoms with Crippen LogP contribution in [0.2, 0.25) is 0 Å². The van der Waals surface area contributed by atoms with Gasteiger partial charge < -0.3 is 25.4 Å². The monoisotopic (exact) mass is 390 g/mol. The molecule has 0 amide bonds. The molecule has 1 aliphatic carbocycles. The van der Waals surface area contributed by atoms with Crippen LogP contribution < -0.4 is 20.5 Å². The van der Waals surface area contributed by atoms with Crippen molar-refractivity contribution >= 4 is 5.96 Å². The Kier molecular flexibility index (Phi) is 9.97. The van der Waals surface area contributed by atoms with Gasteiger partial charge in [-0.05, 0) is 43.6 Å². The fourth-order valence-corrected chi connectivity index (χ4v) is 3.61. The minimum Gasteiger partial charge on any atom is -0.493 e. The number of methoxy groups -OCH3 is 1. The van der Waals surface area contributed by atoms with E-state index in [0.717, 1.165) is 36.7 Å². The highest BCUT2D eigenvalue weighted by molar-refractivity contribution is 5.78. The summed E-state index contributed by atoms with van der Waals surface area (Å²) in [5.74, 6) is 2.04. The molecular weight excluding hydrogens is 352 g/mol. The molecule has 0 radical (unpaired) electrons. The third-order valence-electron chi connectivity index (χ3n) is 5.43. The molecule has 0 atom stereocenters. The summed E-state index contributed by atoms with van der Waals surface area (Å²) >= 11 is 0. The maximum Gasteiger partial charge on any atom is 0.189 e. The smallest absolute Gasteiger partial charge is 0.189 e. The van der Waals surface area contributed by atoms with Crippen molar-refractivity contribution in [3.63, 3.8) is 0 Å². The van der Waals surface area contributed by atoms with Crippen molar-refractivity contribution in [3.8, 4) is 11.5 Å². The molecule has 0 aromatic heterocycles. The first-order valence-corrected chi connectivity index (χ1v) is 10.7. The number of likely N-dealkylation sites (N-methyl/N-ethyl adjacent to an activating group) is 1. The van der Waals surface area contributed by atoms with Crippen LogP contribution in [0, 0.1) is 0 Å². The van der Waals surface area contributed by atoms with Crippen LogP contribution in [0.3, 0.4) is 0 Å². The SMILES string of the molecule is CCN(CC)CCOc1ccc(CN=C(N)NC2CCCCCC2)cc1OC.